The van der Waals surface area contributed by atoms with Crippen LogP contribution in [0.3, 0.4) is 0 Å². The molecule has 18 heavy (non-hydrogen) atoms. The molecule has 0 aromatic carbocycles. The molecule has 0 radical (unpaired) electrons. The van der Waals surface area contributed by atoms with Gasteiger partial charge < -0.3 is 10.6 Å². The van der Waals surface area contributed by atoms with Crippen molar-refractivity contribution in [2.24, 2.45) is 0 Å². The summed E-state index contributed by atoms with van der Waals surface area (Å²) in [6.07, 6.45) is 3.65. The van der Waals surface area contributed by atoms with E-state index in [1.54, 1.807) is 6.26 Å². The summed E-state index contributed by atoms with van der Waals surface area (Å²) in [6, 6.07) is 1.99. The number of anilines is 2. The summed E-state index contributed by atoms with van der Waals surface area (Å²) in [4.78, 5) is 8.73. The molecule has 5 nitrogen and oxygen atoms in total. The lowest BCUT2D eigenvalue weighted by Crippen LogP contribution is -2.23. The van der Waals surface area contributed by atoms with E-state index < -0.39 is 10.8 Å². The molecule has 1 aromatic heterocycles. The minimum Gasteiger partial charge on any atom is -0.370 e. The second-order valence-electron chi connectivity index (χ2n) is 3.94. The zero-order chi connectivity index (χ0) is 13.5. The summed E-state index contributed by atoms with van der Waals surface area (Å²) in [5.74, 6) is 2.18. The Hall–Kier alpha value is -0.820. The topological polar surface area (TPSA) is 66.9 Å². The van der Waals surface area contributed by atoms with Crippen LogP contribution in [0, 0.1) is 0 Å². The van der Waals surface area contributed by atoms with Crippen molar-refractivity contribution in [3.05, 3.63) is 6.07 Å². The molecule has 1 rings (SSSR count). The van der Waals surface area contributed by atoms with Crippen LogP contribution in [0.5, 0.6) is 0 Å². The van der Waals surface area contributed by atoms with Crippen LogP contribution in [0.2, 0.25) is 0 Å². The van der Waals surface area contributed by atoms with Crippen LogP contribution in [0.4, 0.5) is 11.6 Å². The molecule has 7 heteroatoms. The molecule has 0 saturated carbocycles. The van der Waals surface area contributed by atoms with Crippen molar-refractivity contribution in [1.29, 1.82) is 0 Å². The molecule has 0 aliphatic heterocycles. The van der Waals surface area contributed by atoms with Gasteiger partial charge in [-0.2, -0.15) is 0 Å². The first-order chi connectivity index (χ1) is 8.55. The second-order valence-corrected chi connectivity index (χ2v) is 6.19. The van der Waals surface area contributed by atoms with Crippen molar-refractivity contribution in [3.8, 4) is 0 Å². The lowest BCUT2D eigenvalue weighted by Gasteiger charge is -2.14. The average Bonchev–Trinajstić information content (AvgIpc) is 2.27. The highest BCUT2D eigenvalue weighted by Gasteiger charge is 2.08. The molecule has 2 N–H and O–H groups in total. The number of aromatic nitrogens is 2. The van der Waals surface area contributed by atoms with E-state index in [0.29, 0.717) is 5.75 Å². The van der Waals surface area contributed by atoms with Gasteiger partial charge in [-0.25, -0.2) is 9.97 Å². The fourth-order valence-corrected chi connectivity index (χ4v) is 2.67. The van der Waals surface area contributed by atoms with E-state index in [9.17, 15) is 4.21 Å². The largest absolute Gasteiger partial charge is 0.370 e. The molecule has 0 aliphatic rings. The maximum atomic E-state index is 11.2. The number of nitrogens with zero attached hydrogens (tertiary/aromatic N) is 2. The molecule has 0 aliphatic carbocycles. The summed E-state index contributed by atoms with van der Waals surface area (Å²) in [6.45, 7) is 4.84. The van der Waals surface area contributed by atoms with Crippen LogP contribution in [-0.4, -0.2) is 45.0 Å². The highest BCUT2D eigenvalue weighted by Crippen LogP contribution is 2.17. The predicted octanol–water partition coefficient (Wildman–Crippen LogP) is 1.81. The number of thioether (sulfide) groups is 1. The van der Waals surface area contributed by atoms with E-state index in [0.717, 1.165) is 23.3 Å². The van der Waals surface area contributed by atoms with E-state index in [4.69, 9.17) is 0 Å². The minimum absolute atomic E-state index is 0.120. The highest BCUT2D eigenvalue weighted by atomic mass is 32.2. The Kier molecular flexibility index (Phi) is 6.42. The summed E-state index contributed by atoms with van der Waals surface area (Å²) < 4.78 is 11.2. The number of hydrogen-bond acceptors (Lipinski definition) is 6. The first-order valence-corrected chi connectivity index (χ1v) is 8.73. The fourth-order valence-electron chi connectivity index (χ4n) is 1.51. The van der Waals surface area contributed by atoms with Gasteiger partial charge in [-0.1, -0.05) is 11.8 Å². The normalized spacial score (nSPS) is 14.0. The first kappa shape index (κ1) is 15.2. The van der Waals surface area contributed by atoms with Gasteiger partial charge in [0.1, 0.15) is 11.6 Å². The standard InChI is InChI=1S/C11H20N4OS2/c1-5-12-9-6-10(15-11(14-9)17-3)13-8(2)7-18(4)16/h6,8H,5,7H2,1-4H3,(H2,12,13,14,15). The number of hydrogen-bond donors (Lipinski definition) is 2. The molecule has 2 unspecified atom stereocenters. The molecule has 102 valence electrons. The van der Waals surface area contributed by atoms with Crippen LogP contribution in [-0.2, 0) is 10.8 Å². The Balaban J connectivity index is 2.80. The Labute approximate surface area is 115 Å². The molecular formula is C11H20N4OS2. The fraction of sp³-hybridized carbons (Fsp3) is 0.636. The third-order valence-corrected chi connectivity index (χ3v) is 3.64. The van der Waals surface area contributed by atoms with Crippen molar-refractivity contribution >= 4 is 34.2 Å². The monoisotopic (exact) mass is 288 g/mol. The van der Waals surface area contributed by atoms with Gasteiger partial charge in [0.05, 0.1) is 0 Å². The van der Waals surface area contributed by atoms with Gasteiger partial charge in [-0.05, 0) is 20.1 Å². The molecule has 1 heterocycles. The van der Waals surface area contributed by atoms with Gasteiger partial charge in [0.25, 0.3) is 0 Å². The van der Waals surface area contributed by atoms with Gasteiger partial charge in [0, 0.05) is 41.5 Å². The van der Waals surface area contributed by atoms with Gasteiger partial charge in [-0.15, -0.1) is 0 Å². The maximum absolute atomic E-state index is 11.2. The summed E-state index contributed by atoms with van der Waals surface area (Å²) in [5.41, 5.74) is 0. The number of nitrogens with one attached hydrogen (secondary N) is 2. The van der Waals surface area contributed by atoms with Crippen molar-refractivity contribution in [1.82, 2.24) is 9.97 Å². The average molecular weight is 288 g/mol. The summed E-state index contributed by atoms with van der Waals surface area (Å²) >= 11 is 1.50. The predicted molar refractivity (Wildman–Crippen MR) is 80.0 cm³/mol. The maximum Gasteiger partial charge on any atom is 0.191 e. The van der Waals surface area contributed by atoms with Gasteiger partial charge in [0.15, 0.2) is 5.16 Å². The lowest BCUT2D eigenvalue weighted by atomic mass is 10.4. The van der Waals surface area contributed by atoms with Crippen molar-refractivity contribution < 1.29 is 4.21 Å². The molecule has 0 spiro atoms. The third kappa shape index (κ3) is 5.22. The first-order valence-electron chi connectivity index (χ1n) is 5.78. The van der Waals surface area contributed by atoms with Crippen LogP contribution in [0.25, 0.3) is 0 Å². The van der Waals surface area contributed by atoms with E-state index in [1.807, 2.05) is 26.2 Å². The third-order valence-electron chi connectivity index (χ3n) is 2.13. The lowest BCUT2D eigenvalue weighted by molar-refractivity contribution is 0.682. The highest BCUT2D eigenvalue weighted by molar-refractivity contribution is 7.98. The van der Waals surface area contributed by atoms with Crippen molar-refractivity contribution in [2.45, 2.75) is 25.0 Å². The van der Waals surface area contributed by atoms with E-state index in [-0.39, 0.29) is 6.04 Å². The van der Waals surface area contributed by atoms with E-state index in [1.165, 1.54) is 11.8 Å². The van der Waals surface area contributed by atoms with Gasteiger partial charge >= 0.3 is 0 Å². The summed E-state index contributed by atoms with van der Waals surface area (Å²) in [5, 5.41) is 7.14. The Morgan fingerprint density at radius 1 is 1.44 bits per heavy atom. The Morgan fingerprint density at radius 3 is 2.67 bits per heavy atom. The molecular weight excluding hydrogens is 268 g/mol. The zero-order valence-electron chi connectivity index (χ0n) is 11.2. The van der Waals surface area contributed by atoms with Crippen LogP contribution in [0.15, 0.2) is 11.2 Å². The van der Waals surface area contributed by atoms with Crippen LogP contribution >= 0.6 is 11.8 Å². The molecule has 1 aromatic rings. The van der Waals surface area contributed by atoms with Crippen LogP contribution in [0.1, 0.15) is 13.8 Å². The number of rotatable bonds is 7. The Morgan fingerprint density at radius 2 is 2.11 bits per heavy atom. The molecule has 0 saturated heterocycles. The Bertz CT molecular complexity index is 414. The van der Waals surface area contributed by atoms with Crippen molar-refractivity contribution in [3.63, 3.8) is 0 Å². The summed E-state index contributed by atoms with van der Waals surface area (Å²) in [7, 11) is -0.812. The van der Waals surface area contributed by atoms with E-state index in [2.05, 4.69) is 20.6 Å². The van der Waals surface area contributed by atoms with Crippen LogP contribution < -0.4 is 10.6 Å². The zero-order valence-corrected chi connectivity index (χ0v) is 12.8. The molecule has 0 fully saturated rings. The molecule has 0 bridgehead atoms. The second kappa shape index (κ2) is 7.58. The molecule has 0 amide bonds. The van der Waals surface area contributed by atoms with E-state index >= 15 is 0 Å². The van der Waals surface area contributed by atoms with Gasteiger partial charge in [-0.3, -0.25) is 4.21 Å². The van der Waals surface area contributed by atoms with Crippen molar-refractivity contribution in [2.75, 3.05) is 35.4 Å². The SMILES string of the molecule is CCNc1cc(NC(C)CS(C)=O)nc(SC)n1. The smallest absolute Gasteiger partial charge is 0.191 e. The quantitative estimate of drug-likeness (QED) is 0.589. The van der Waals surface area contributed by atoms with Gasteiger partial charge in [0.2, 0.25) is 0 Å². The molecule has 2 atom stereocenters. The minimum atomic E-state index is -0.812.